The highest BCUT2D eigenvalue weighted by Crippen LogP contribution is 2.40. The van der Waals surface area contributed by atoms with Crippen LogP contribution >= 0.6 is 0 Å². The van der Waals surface area contributed by atoms with E-state index in [2.05, 4.69) is 46.8 Å². The lowest BCUT2D eigenvalue weighted by Gasteiger charge is -2.22. The molecule has 9 aromatic carbocycles. The molecule has 0 radical (unpaired) electrons. The number of benzene rings is 9. The molecule has 0 unspecified atom stereocenters. The van der Waals surface area contributed by atoms with Gasteiger partial charge in [0.05, 0.1) is 106 Å². The molecule has 9 rings (SSSR count). The van der Waals surface area contributed by atoms with Crippen molar-refractivity contribution in [2.45, 2.75) is 172 Å². The lowest BCUT2D eigenvalue weighted by molar-refractivity contribution is 0.233. The summed E-state index contributed by atoms with van der Waals surface area (Å²) in [7, 11) is 0. The fraction of sp³-hybridized carbons (Fsp3) is 0.325. The summed E-state index contributed by atoms with van der Waals surface area (Å²) in [5.41, 5.74) is 12.8. The number of aliphatic hydroxyl groups excluding tert-OH is 16. The minimum Gasteiger partial charge on any atom is -0.507 e. The van der Waals surface area contributed by atoms with Gasteiger partial charge in [-0.1, -0.05) is 107 Å². The second kappa shape index (κ2) is 44.5. The van der Waals surface area contributed by atoms with Crippen molar-refractivity contribution in [3.05, 3.63) is 244 Å². The zero-order valence-electron chi connectivity index (χ0n) is 59.9. The van der Waals surface area contributed by atoms with E-state index in [1.165, 1.54) is 17.7 Å². The highest BCUT2D eigenvalue weighted by Gasteiger charge is 2.23. The van der Waals surface area contributed by atoms with E-state index in [-0.39, 0.29) is 134 Å². The predicted molar refractivity (Wildman–Crippen MR) is 391 cm³/mol. The first-order chi connectivity index (χ1) is 50.0. The van der Waals surface area contributed by atoms with Gasteiger partial charge in [-0.3, -0.25) is 0 Å². The highest BCUT2D eigenvalue weighted by atomic mass is 19.1. The Morgan fingerprint density at radius 1 is 0.267 bits per heavy atom. The van der Waals surface area contributed by atoms with Gasteiger partial charge in [-0.25, -0.2) is 4.39 Å². The van der Waals surface area contributed by atoms with Gasteiger partial charge in [-0.15, -0.1) is 0 Å². The molecule has 25 heteroatoms. The highest BCUT2D eigenvalue weighted by molar-refractivity contribution is 5.73. The number of halogens is 1. The Bertz CT molecular complexity index is 3940. The summed E-state index contributed by atoms with van der Waals surface area (Å²) in [5, 5.41) is 221. The number of aryl methyl sites for hydroxylation is 2. The summed E-state index contributed by atoms with van der Waals surface area (Å²) in [6.45, 7) is 8.53. The van der Waals surface area contributed by atoms with E-state index in [1.54, 1.807) is 38.1 Å². The van der Waals surface area contributed by atoms with Crippen LogP contribution in [0.15, 0.2) is 121 Å². The molecule has 0 bridgehead atoms. The van der Waals surface area contributed by atoms with Crippen LogP contribution in [0.25, 0.3) is 22.3 Å². The maximum Gasteiger partial charge on any atom is 0.128 e. The first kappa shape index (κ1) is 89.9. The second-order valence-electron chi connectivity index (χ2n) is 24.6. The SMILES string of the molecule is CCc1cc(C(C)(C)C)cc(CC)c1O.Cc1c(CO)c(C)c(CO)c(O)c1CO.OCc1c(O)c(CO)c(CO)c(O)c1CO.OCc1cc(-c2ccccc2)cc(CO)c1O.OCc1cc(CO)c(O)c(-c2ccccc2)c1.OCc1cc(CO)c(O)c(CO)c1.OCc1cc(F)cc(CO)c1O. The molecule has 24 N–H and O–H groups in total. The van der Waals surface area contributed by atoms with Crippen LogP contribution in [0, 0.1) is 19.7 Å². The molecule has 0 fully saturated rings. The van der Waals surface area contributed by atoms with Gasteiger partial charge >= 0.3 is 0 Å². The summed E-state index contributed by atoms with van der Waals surface area (Å²) in [6, 6.07) is 35.1. The maximum absolute atomic E-state index is 12.6. The number of rotatable bonds is 20. The number of phenolic OH excluding ortho intramolecular Hbond substituents is 1. The van der Waals surface area contributed by atoms with Gasteiger partial charge in [0.15, 0.2) is 0 Å². The number of hydrogen-bond donors (Lipinski definition) is 24. The van der Waals surface area contributed by atoms with E-state index >= 15 is 0 Å². The molecule has 0 amide bonds. The summed E-state index contributed by atoms with van der Waals surface area (Å²) in [4.78, 5) is 0. The van der Waals surface area contributed by atoms with Crippen LogP contribution in [0.4, 0.5) is 4.39 Å². The molecule has 0 aliphatic rings. The average Bonchev–Trinajstić information content (AvgIpc) is 0.787. The summed E-state index contributed by atoms with van der Waals surface area (Å²) < 4.78 is 12.6. The number of aromatic hydroxyl groups is 8. The Morgan fingerprint density at radius 3 is 0.838 bits per heavy atom. The van der Waals surface area contributed by atoms with Crippen molar-refractivity contribution < 1.29 is 127 Å². The zero-order chi connectivity index (χ0) is 79.0. The Morgan fingerprint density at radius 2 is 0.543 bits per heavy atom. The molecule has 0 atom stereocenters. The Kier molecular flexibility index (Phi) is 38.1. The smallest absolute Gasteiger partial charge is 0.128 e. The first-order valence-corrected chi connectivity index (χ1v) is 33.2. The lowest BCUT2D eigenvalue weighted by Crippen LogP contribution is -2.12. The van der Waals surface area contributed by atoms with Crippen LogP contribution in [0.3, 0.4) is 0 Å². The van der Waals surface area contributed by atoms with Crippen LogP contribution in [0.2, 0.25) is 0 Å². The first-order valence-electron chi connectivity index (χ1n) is 33.2. The van der Waals surface area contributed by atoms with Gasteiger partial charge in [0.2, 0.25) is 0 Å². The average molecular weight is 1470 g/mol. The van der Waals surface area contributed by atoms with Crippen molar-refractivity contribution in [1.29, 1.82) is 0 Å². The largest absolute Gasteiger partial charge is 0.507 e. The second-order valence-corrected chi connectivity index (χ2v) is 24.6. The Labute approximate surface area is 609 Å². The molecule has 0 saturated carbocycles. The van der Waals surface area contributed by atoms with Crippen LogP contribution < -0.4 is 0 Å². The van der Waals surface area contributed by atoms with Crippen LogP contribution in [-0.2, 0) is 124 Å². The molecule has 0 saturated heterocycles. The third kappa shape index (κ3) is 23.8. The molecule has 0 spiro atoms. The molecule has 9 aromatic rings. The minimum absolute atomic E-state index is 0.0327. The van der Waals surface area contributed by atoms with Crippen molar-refractivity contribution in [3.8, 4) is 68.2 Å². The topological polar surface area (TPSA) is 486 Å². The predicted octanol–water partition coefficient (Wildman–Crippen LogP) is 7.84. The van der Waals surface area contributed by atoms with Crippen molar-refractivity contribution >= 4 is 0 Å². The minimum atomic E-state index is -0.589. The normalized spacial score (nSPS) is 10.7. The number of aliphatic hydroxyl groups is 16. The zero-order valence-corrected chi connectivity index (χ0v) is 59.9. The molecule has 24 nitrogen and oxygen atoms in total. The third-order valence-electron chi connectivity index (χ3n) is 17.1. The summed E-state index contributed by atoms with van der Waals surface area (Å²) >= 11 is 0. The molecular weight excluding hydrogens is 1360 g/mol. The van der Waals surface area contributed by atoms with Crippen molar-refractivity contribution in [2.24, 2.45) is 0 Å². The maximum atomic E-state index is 12.6. The van der Waals surface area contributed by atoms with Crippen LogP contribution in [0.1, 0.15) is 151 Å². The summed E-state index contributed by atoms with van der Waals surface area (Å²) in [5.74, 6) is -1.33. The molecule has 0 aliphatic heterocycles. The van der Waals surface area contributed by atoms with E-state index in [9.17, 15) is 50.3 Å². The quantitative estimate of drug-likeness (QED) is 0.0323. The van der Waals surface area contributed by atoms with E-state index in [4.69, 9.17) is 76.6 Å². The van der Waals surface area contributed by atoms with E-state index in [0.29, 0.717) is 78.1 Å². The molecule has 0 aliphatic carbocycles. The molecular formula is C80H101FO24. The van der Waals surface area contributed by atoms with E-state index in [1.807, 2.05) is 60.7 Å². The van der Waals surface area contributed by atoms with E-state index < -0.39 is 57.0 Å². The van der Waals surface area contributed by atoms with Gasteiger partial charge in [-0.05, 0) is 142 Å². The van der Waals surface area contributed by atoms with Gasteiger partial charge in [-0.2, -0.15) is 0 Å². The van der Waals surface area contributed by atoms with Crippen molar-refractivity contribution in [2.75, 3.05) is 0 Å². The number of hydrogen-bond acceptors (Lipinski definition) is 24. The number of phenols is 8. The van der Waals surface area contributed by atoms with Gasteiger partial charge in [0.1, 0.15) is 51.8 Å². The summed E-state index contributed by atoms with van der Waals surface area (Å²) in [6.07, 6.45) is 1.78. The third-order valence-corrected chi connectivity index (χ3v) is 17.1. The standard InChI is InChI=1S/2C14H14O3.C14H22O.C11H16O4.C10H14O6.C9H12O4.C8H9FO3/c15-8-10-6-12(9-16)14(17)13(7-10)11-4-2-1-3-5-11;15-8-12-6-11(7-13(9-16)14(12)17)10-4-2-1-3-5-10;1-6-10-8-12(14(3,4)5)9-11(7-2)13(10)15;1-6-8(3-12)7(2)10(5-14)11(15)9(6)4-13;11-1-5-6(2-12)10(16)8(4-14)7(3-13)9(5)15;10-3-6-1-7(4-11)9(13)8(2-6)5-12;9-7-1-5(3-10)8(12)6(2-7)4-11/h2*1-7,15-17H,8-9H2;8-9,15H,6-7H2,1-5H3;12-15H,3-5H2,1-2H3;11-16H,1-4H2;1-2,10-13H,3-5H2;1-2,10-12H,3-4H2. The Hall–Kier alpha value is -9.33. The van der Waals surface area contributed by atoms with E-state index in [0.717, 1.165) is 52.8 Å². The lowest BCUT2D eigenvalue weighted by atomic mass is 9.84. The monoisotopic (exact) mass is 1460 g/mol. The molecule has 105 heavy (non-hydrogen) atoms. The van der Waals surface area contributed by atoms with Gasteiger partial charge in [0.25, 0.3) is 0 Å². The van der Waals surface area contributed by atoms with Crippen molar-refractivity contribution in [1.82, 2.24) is 0 Å². The van der Waals surface area contributed by atoms with Crippen molar-refractivity contribution in [3.63, 3.8) is 0 Å². The molecule has 572 valence electrons. The van der Waals surface area contributed by atoms with Gasteiger partial charge < -0.3 is 123 Å². The van der Waals surface area contributed by atoms with Crippen LogP contribution in [-0.4, -0.2) is 123 Å². The fourth-order valence-electron chi connectivity index (χ4n) is 10.9. The Balaban J connectivity index is 0.000000319. The van der Waals surface area contributed by atoms with Crippen LogP contribution in [0.5, 0.6) is 46.0 Å². The molecule has 0 heterocycles. The van der Waals surface area contributed by atoms with Gasteiger partial charge in [0, 0.05) is 77.9 Å². The molecule has 0 aromatic heterocycles. The fourth-order valence-corrected chi connectivity index (χ4v) is 10.9.